The molecular weight excluding hydrogens is 428 g/mol. The van der Waals surface area contributed by atoms with E-state index in [4.69, 9.17) is 19.7 Å². The maximum Gasteiger partial charge on any atom is 0.282 e. The molecule has 2 aliphatic rings. The van der Waals surface area contributed by atoms with E-state index >= 15 is 0 Å². The molecule has 10 nitrogen and oxygen atoms in total. The van der Waals surface area contributed by atoms with Crippen molar-refractivity contribution >= 4 is 29.3 Å². The van der Waals surface area contributed by atoms with Crippen LogP contribution >= 0.6 is 0 Å². The van der Waals surface area contributed by atoms with E-state index < -0.39 is 10.8 Å². The number of ether oxygens (including phenoxy) is 2. The van der Waals surface area contributed by atoms with Gasteiger partial charge in [0, 0.05) is 18.2 Å². The fourth-order valence-electron chi connectivity index (χ4n) is 3.24. The van der Waals surface area contributed by atoms with Gasteiger partial charge < -0.3 is 14.3 Å². The molecule has 0 spiro atoms. The smallest absolute Gasteiger partial charge is 0.282 e. The summed E-state index contributed by atoms with van der Waals surface area (Å²) in [6.07, 6.45) is 3.14. The van der Waals surface area contributed by atoms with E-state index in [0.717, 1.165) is 5.56 Å². The lowest BCUT2D eigenvalue weighted by atomic mass is 10.1. The van der Waals surface area contributed by atoms with Gasteiger partial charge in [0.25, 0.3) is 11.6 Å². The van der Waals surface area contributed by atoms with Crippen LogP contribution < -0.4 is 9.47 Å². The molecule has 0 atom stereocenters. The highest BCUT2D eigenvalue weighted by Crippen LogP contribution is 2.31. The Morgan fingerprint density at radius 1 is 1.18 bits per heavy atom. The summed E-state index contributed by atoms with van der Waals surface area (Å²) in [4.78, 5) is 32.2. The third kappa shape index (κ3) is 4.59. The van der Waals surface area contributed by atoms with E-state index in [2.05, 4.69) is 4.99 Å². The van der Waals surface area contributed by atoms with Crippen molar-refractivity contribution in [1.29, 1.82) is 5.41 Å². The first-order chi connectivity index (χ1) is 15.9. The van der Waals surface area contributed by atoms with Crippen LogP contribution in [0.4, 0.5) is 5.69 Å². The Morgan fingerprint density at radius 3 is 2.64 bits per heavy atom. The molecule has 4 rings (SSSR count). The lowest BCUT2D eigenvalue weighted by molar-refractivity contribution is -0.384. The number of rotatable bonds is 7. The Morgan fingerprint density at radius 2 is 1.94 bits per heavy atom. The van der Waals surface area contributed by atoms with Crippen molar-refractivity contribution in [3.05, 3.63) is 81.1 Å². The SMILES string of the molecule is CCOc1cc(/C=C2/C(=N)N3OC(C)=CC3=NC2=O)ccc1OCc1ccc([N+](=O)[O-])cc1. The maximum absolute atomic E-state index is 12.5. The monoisotopic (exact) mass is 448 g/mol. The number of amidine groups is 2. The number of hydrogen-bond donors (Lipinski definition) is 1. The molecule has 2 heterocycles. The first kappa shape index (κ1) is 21.8. The summed E-state index contributed by atoms with van der Waals surface area (Å²) in [6.45, 7) is 4.13. The van der Waals surface area contributed by atoms with Crippen LogP contribution in [0, 0.1) is 15.5 Å². The molecule has 0 unspecified atom stereocenters. The number of nitrogens with zero attached hydrogens (tertiary/aromatic N) is 3. The van der Waals surface area contributed by atoms with Crippen molar-refractivity contribution in [2.75, 3.05) is 6.61 Å². The third-order valence-corrected chi connectivity index (χ3v) is 4.80. The number of nitrogens with one attached hydrogen (secondary N) is 1. The number of carbonyl (C=O) groups is 1. The molecule has 2 aromatic rings. The van der Waals surface area contributed by atoms with E-state index in [1.54, 1.807) is 49.4 Å². The minimum Gasteiger partial charge on any atom is -0.490 e. The Kier molecular flexibility index (Phi) is 5.90. The highest BCUT2D eigenvalue weighted by Gasteiger charge is 2.34. The first-order valence-corrected chi connectivity index (χ1v) is 10.1. The highest BCUT2D eigenvalue weighted by molar-refractivity contribution is 6.32. The summed E-state index contributed by atoms with van der Waals surface area (Å²) in [5.74, 6) is 1.13. The summed E-state index contributed by atoms with van der Waals surface area (Å²) in [5, 5.41) is 20.3. The van der Waals surface area contributed by atoms with Crippen LogP contribution in [0.3, 0.4) is 0 Å². The molecule has 33 heavy (non-hydrogen) atoms. The number of aliphatic imine (C=N–C) groups is 1. The molecule has 0 radical (unpaired) electrons. The van der Waals surface area contributed by atoms with Gasteiger partial charge >= 0.3 is 0 Å². The second-order valence-corrected chi connectivity index (χ2v) is 7.17. The van der Waals surface area contributed by atoms with E-state index in [9.17, 15) is 14.9 Å². The van der Waals surface area contributed by atoms with Crippen molar-refractivity contribution in [2.24, 2.45) is 4.99 Å². The lowest BCUT2D eigenvalue weighted by Gasteiger charge is -2.23. The molecule has 2 aromatic carbocycles. The zero-order valence-corrected chi connectivity index (χ0v) is 17.9. The second kappa shape index (κ2) is 8.95. The number of nitro groups is 1. The van der Waals surface area contributed by atoms with E-state index in [1.165, 1.54) is 17.2 Å². The Labute approximate surface area is 189 Å². The van der Waals surface area contributed by atoms with Gasteiger partial charge in [0.2, 0.25) is 0 Å². The van der Waals surface area contributed by atoms with Gasteiger partial charge in [-0.25, -0.2) is 0 Å². The highest BCUT2D eigenvalue weighted by atomic mass is 16.7. The molecule has 0 saturated heterocycles. The molecule has 168 valence electrons. The van der Waals surface area contributed by atoms with Crippen molar-refractivity contribution in [2.45, 2.75) is 20.5 Å². The average Bonchev–Trinajstić information content (AvgIpc) is 3.16. The topological polar surface area (TPSA) is 127 Å². The van der Waals surface area contributed by atoms with Crippen LogP contribution in [0.15, 0.2) is 64.9 Å². The van der Waals surface area contributed by atoms with Crippen LogP contribution in [0.5, 0.6) is 11.5 Å². The fourth-order valence-corrected chi connectivity index (χ4v) is 3.24. The molecule has 0 aromatic heterocycles. The Bertz CT molecular complexity index is 1230. The van der Waals surface area contributed by atoms with E-state index in [-0.39, 0.29) is 29.5 Å². The van der Waals surface area contributed by atoms with Crippen molar-refractivity contribution in [3.63, 3.8) is 0 Å². The summed E-state index contributed by atoms with van der Waals surface area (Å²) < 4.78 is 11.5. The molecule has 10 heteroatoms. The molecule has 0 aliphatic carbocycles. The summed E-state index contributed by atoms with van der Waals surface area (Å²) in [6, 6.07) is 11.2. The van der Waals surface area contributed by atoms with Crippen LogP contribution in [-0.4, -0.2) is 34.2 Å². The molecule has 0 bridgehead atoms. The minimum absolute atomic E-state index is 0.00991. The third-order valence-electron chi connectivity index (χ3n) is 4.80. The average molecular weight is 448 g/mol. The van der Waals surface area contributed by atoms with Crippen molar-refractivity contribution in [1.82, 2.24) is 5.06 Å². The number of benzene rings is 2. The second-order valence-electron chi connectivity index (χ2n) is 7.17. The summed E-state index contributed by atoms with van der Waals surface area (Å²) >= 11 is 0. The molecule has 0 saturated carbocycles. The predicted octanol–water partition coefficient (Wildman–Crippen LogP) is 4.02. The van der Waals surface area contributed by atoms with Gasteiger partial charge in [0.15, 0.2) is 23.2 Å². The van der Waals surface area contributed by atoms with Gasteiger partial charge in [-0.15, -0.1) is 5.06 Å². The van der Waals surface area contributed by atoms with Crippen LogP contribution in [0.1, 0.15) is 25.0 Å². The normalized spacial score (nSPS) is 16.2. The van der Waals surface area contributed by atoms with Gasteiger partial charge in [-0.1, -0.05) is 6.07 Å². The van der Waals surface area contributed by atoms with Crippen LogP contribution in [0.2, 0.25) is 0 Å². The van der Waals surface area contributed by atoms with Crippen molar-refractivity contribution < 1.29 is 24.0 Å². The standard InChI is InChI=1S/C23H20N4O6/c1-3-31-20-12-16(11-18-22(24)26-21(25-23(18)28)10-14(2)33-26)6-9-19(20)32-13-15-4-7-17(8-5-15)27(29)30/h4-12,24H,3,13H2,1-2H3/b18-11-,24-22?. The zero-order chi connectivity index (χ0) is 23.5. The maximum atomic E-state index is 12.5. The number of non-ortho nitro benzene ring substituents is 1. The number of carbonyl (C=O) groups excluding carboxylic acids is 1. The van der Waals surface area contributed by atoms with Gasteiger partial charge in [0.1, 0.15) is 12.4 Å². The minimum atomic E-state index is -0.530. The van der Waals surface area contributed by atoms with E-state index in [1.807, 2.05) is 6.92 Å². The van der Waals surface area contributed by atoms with Gasteiger partial charge in [-0.3, -0.25) is 20.3 Å². The van der Waals surface area contributed by atoms with E-state index in [0.29, 0.717) is 29.4 Å². The molecule has 2 aliphatic heterocycles. The van der Waals surface area contributed by atoms with Crippen molar-refractivity contribution in [3.8, 4) is 11.5 Å². The first-order valence-electron chi connectivity index (χ1n) is 10.1. The number of hydroxylamine groups is 2. The lowest BCUT2D eigenvalue weighted by Crippen LogP contribution is -2.38. The zero-order valence-electron chi connectivity index (χ0n) is 17.9. The number of fused-ring (bicyclic) bond motifs is 1. The summed E-state index contributed by atoms with van der Waals surface area (Å²) in [5.41, 5.74) is 1.48. The predicted molar refractivity (Wildman–Crippen MR) is 120 cm³/mol. The van der Waals surface area contributed by atoms with Crippen LogP contribution in [0.25, 0.3) is 6.08 Å². The molecule has 0 fully saturated rings. The van der Waals surface area contributed by atoms with Gasteiger partial charge in [0.05, 0.1) is 17.1 Å². The molecule has 1 N–H and O–H groups in total. The largest absolute Gasteiger partial charge is 0.490 e. The number of nitro benzene ring substituents is 1. The molecule has 1 amide bonds. The quantitative estimate of drug-likeness (QED) is 0.385. The van der Waals surface area contributed by atoms with Gasteiger partial charge in [-0.05, 0) is 55.3 Å². The fraction of sp³-hybridized carbons (Fsp3) is 0.174. The number of amides is 1. The Balaban J connectivity index is 1.54. The molecular formula is C23H20N4O6. The van der Waals surface area contributed by atoms with Crippen LogP contribution in [-0.2, 0) is 16.2 Å². The Hall–Kier alpha value is -4.47. The number of hydrogen-bond acceptors (Lipinski definition) is 7. The van der Waals surface area contributed by atoms with Gasteiger partial charge in [-0.2, -0.15) is 4.99 Å². The number of allylic oxidation sites excluding steroid dienone is 1. The summed E-state index contributed by atoms with van der Waals surface area (Å²) in [7, 11) is 0.